The Kier molecular flexibility index (Phi) is 4.46. The van der Waals surface area contributed by atoms with Crippen LogP contribution < -0.4 is 4.74 Å². The highest BCUT2D eigenvalue weighted by Gasteiger charge is 2.03. The predicted octanol–water partition coefficient (Wildman–Crippen LogP) is 3.86. The minimum atomic E-state index is 0.275. The number of benzene rings is 1. The summed E-state index contributed by atoms with van der Waals surface area (Å²) in [7, 11) is 0. The SMILES string of the molecule is Cc1ccc(OC(C)CCBr)cc1C. The zero-order valence-corrected chi connectivity index (χ0v) is 10.6. The lowest BCUT2D eigenvalue weighted by atomic mass is 10.1. The van der Waals surface area contributed by atoms with Gasteiger partial charge in [-0.15, -0.1) is 0 Å². The van der Waals surface area contributed by atoms with Gasteiger partial charge in [-0.25, -0.2) is 0 Å². The van der Waals surface area contributed by atoms with Gasteiger partial charge in [-0.2, -0.15) is 0 Å². The first kappa shape index (κ1) is 11.6. The second-order valence-electron chi connectivity index (χ2n) is 3.65. The van der Waals surface area contributed by atoms with Crippen molar-refractivity contribution in [3.63, 3.8) is 0 Å². The molecule has 1 aromatic carbocycles. The van der Waals surface area contributed by atoms with Crippen molar-refractivity contribution in [2.75, 3.05) is 5.33 Å². The van der Waals surface area contributed by atoms with E-state index in [9.17, 15) is 0 Å². The van der Waals surface area contributed by atoms with Crippen molar-refractivity contribution in [1.82, 2.24) is 0 Å². The molecule has 0 aliphatic carbocycles. The number of alkyl halides is 1. The van der Waals surface area contributed by atoms with Crippen molar-refractivity contribution in [1.29, 1.82) is 0 Å². The monoisotopic (exact) mass is 256 g/mol. The van der Waals surface area contributed by atoms with Crippen LogP contribution in [0.15, 0.2) is 18.2 Å². The van der Waals surface area contributed by atoms with Crippen molar-refractivity contribution in [2.24, 2.45) is 0 Å². The summed E-state index contributed by atoms with van der Waals surface area (Å²) in [4.78, 5) is 0. The molecule has 1 unspecified atom stereocenters. The number of ether oxygens (including phenoxy) is 1. The van der Waals surface area contributed by atoms with Crippen molar-refractivity contribution < 1.29 is 4.74 Å². The molecule has 0 saturated carbocycles. The van der Waals surface area contributed by atoms with Crippen LogP contribution in [0.3, 0.4) is 0 Å². The van der Waals surface area contributed by atoms with Crippen LogP contribution in [0.5, 0.6) is 5.75 Å². The van der Waals surface area contributed by atoms with Gasteiger partial charge in [-0.05, 0) is 50.5 Å². The third-order valence-corrected chi connectivity index (χ3v) is 2.79. The largest absolute Gasteiger partial charge is 0.491 e. The molecule has 0 aliphatic heterocycles. The topological polar surface area (TPSA) is 9.23 Å². The Bertz CT molecular complexity index is 296. The first-order chi connectivity index (χ1) is 6.63. The van der Waals surface area contributed by atoms with Crippen LogP contribution in [0.2, 0.25) is 0 Å². The van der Waals surface area contributed by atoms with Crippen molar-refractivity contribution in [3.8, 4) is 5.75 Å². The Balaban J connectivity index is 2.63. The lowest BCUT2D eigenvalue weighted by Gasteiger charge is -2.14. The minimum Gasteiger partial charge on any atom is -0.491 e. The van der Waals surface area contributed by atoms with E-state index in [1.807, 2.05) is 6.07 Å². The smallest absolute Gasteiger partial charge is 0.119 e. The first-order valence-electron chi connectivity index (χ1n) is 4.93. The molecule has 0 fully saturated rings. The molecule has 0 N–H and O–H groups in total. The molecular formula is C12H17BrO. The van der Waals surface area contributed by atoms with E-state index in [1.54, 1.807) is 0 Å². The molecule has 1 atom stereocenters. The Labute approximate surface area is 94.6 Å². The molecule has 0 heterocycles. The summed E-state index contributed by atoms with van der Waals surface area (Å²) < 4.78 is 5.76. The Morgan fingerprint density at radius 1 is 1.29 bits per heavy atom. The van der Waals surface area contributed by atoms with Gasteiger partial charge in [0.2, 0.25) is 0 Å². The molecule has 0 spiro atoms. The Hall–Kier alpha value is -0.500. The summed E-state index contributed by atoms with van der Waals surface area (Å²) in [5.74, 6) is 0.974. The van der Waals surface area contributed by atoms with E-state index in [1.165, 1.54) is 11.1 Å². The molecule has 0 bridgehead atoms. The summed E-state index contributed by atoms with van der Waals surface area (Å²) in [5, 5.41) is 0.985. The van der Waals surface area contributed by atoms with Gasteiger partial charge in [-0.1, -0.05) is 22.0 Å². The number of halogens is 1. The van der Waals surface area contributed by atoms with E-state index in [4.69, 9.17) is 4.74 Å². The molecule has 0 amide bonds. The van der Waals surface area contributed by atoms with Gasteiger partial charge in [-0.3, -0.25) is 0 Å². The molecular weight excluding hydrogens is 240 g/mol. The lowest BCUT2D eigenvalue weighted by molar-refractivity contribution is 0.219. The van der Waals surface area contributed by atoms with Gasteiger partial charge in [0.1, 0.15) is 5.75 Å². The number of hydrogen-bond donors (Lipinski definition) is 0. The van der Waals surface area contributed by atoms with E-state index in [-0.39, 0.29) is 6.10 Å². The Morgan fingerprint density at radius 2 is 2.00 bits per heavy atom. The minimum absolute atomic E-state index is 0.275. The normalized spacial score (nSPS) is 12.6. The molecule has 1 rings (SSSR count). The highest BCUT2D eigenvalue weighted by atomic mass is 79.9. The zero-order valence-electron chi connectivity index (χ0n) is 9.01. The third-order valence-electron chi connectivity index (χ3n) is 2.33. The van der Waals surface area contributed by atoms with Gasteiger partial charge < -0.3 is 4.74 Å². The number of rotatable bonds is 4. The quantitative estimate of drug-likeness (QED) is 0.744. The molecule has 0 aliphatic rings. The first-order valence-corrected chi connectivity index (χ1v) is 6.05. The fraction of sp³-hybridized carbons (Fsp3) is 0.500. The Morgan fingerprint density at radius 3 is 2.57 bits per heavy atom. The van der Waals surface area contributed by atoms with Crippen molar-refractivity contribution in [2.45, 2.75) is 33.3 Å². The average molecular weight is 257 g/mol. The molecule has 1 nitrogen and oxygen atoms in total. The van der Waals surface area contributed by atoms with E-state index >= 15 is 0 Å². The maximum atomic E-state index is 5.76. The van der Waals surface area contributed by atoms with Crippen LogP contribution in [0.25, 0.3) is 0 Å². The summed E-state index contributed by atoms with van der Waals surface area (Å²) in [6.07, 6.45) is 1.31. The van der Waals surface area contributed by atoms with E-state index in [0.717, 1.165) is 17.5 Å². The van der Waals surface area contributed by atoms with Gasteiger partial charge in [0.15, 0.2) is 0 Å². The summed E-state index contributed by atoms with van der Waals surface area (Å²) in [6, 6.07) is 6.23. The van der Waals surface area contributed by atoms with Gasteiger partial charge in [0.25, 0.3) is 0 Å². The van der Waals surface area contributed by atoms with E-state index in [2.05, 4.69) is 48.8 Å². The molecule has 2 heteroatoms. The molecule has 0 aromatic heterocycles. The van der Waals surface area contributed by atoms with Crippen molar-refractivity contribution in [3.05, 3.63) is 29.3 Å². The summed E-state index contributed by atoms with van der Waals surface area (Å²) >= 11 is 3.41. The fourth-order valence-electron chi connectivity index (χ4n) is 1.23. The number of hydrogen-bond acceptors (Lipinski definition) is 1. The van der Waals surface area contributed by atoms with Crippen LogP contribution in [0.1, 0.15) is 24.5 Å². The molecule has 0 saturated heterocycles. The second-order valence-corrected chi connectivity index (χ2v) is 4.45. The van der Waals surface area contributed by atoms with Crippen LogP contribution in [0.4, 0.5) is 0 Å². The third kappa shape index (κ3) is 3.33. The lowest BCUT2D eigenvalue weighted by Crippen LogP contribution is -2.12. The molecule has 1 aromatic rings. The summed E-state index contributed by atoms with van der Waals surface area (Å²) in [6.45, 7) is 6.31. The van der Waals surface area contributed by atoms with Crippen molar-refractivity contribution >= 4 is 15.9 Å². The fourth-order valence-corrected chi connectivity index (χ4v) is 1.88. The van der Waals surface area contributed by atoms with E-state index in [0.29, 0.717) is 0 Å². The van der Waals surface area contributed by atoms with Gasteiger partial charge in [0, 0.05) is 5.33 Å². The van der Waals surface area contributed by atoms with Crippen LogP contribution in [0, 0.1) is 13.8 Å². The van der Waals surface area contributed by atoms with Crippen LogP contribution >= 0.6 is 15.9 Å². The van der Waals surface area contributed by atoms with Crippen LogP contribution in [-0.2, 0) is 0 Å². The van der Waals surface area contributed by atoms with Crippen LogP contribution in [-0.4, -0.2) is 11.4 Å². The molecule has 78 valence electrons. The molecule has 14 heavy (non-hydrogen) atoms. The highest BCUT2D eigenvalue weighted by molar-refractivity contribution is 9.09. The highest BCUT2D eigenvalue weighted by Crippen LogP contribution is 2.18. The maximum absolute atomic E-state index is 5.76. The second kappa shape index (κ2) is 5.40. The average Bonchev–Trinajstić information content (AvgIpc) is 2.12. The predicted molar refractivity (Wildman–Crippen MR) is 64.4 cm³/mol. The zero-order chi connectivity index (χ0) is 10.6. The van der Waals surface area contributed by atoms with Gasteiger partial charge >= 0.3 is 0 Å². The number of aryl methyl sites for hydroxylation is 2. The van der Waals surface area contributed by atoms with E-state index < -0.39 is 0 Å². The maximum Gasteiger partial charge on any atom is 0.119 e. The molecule has 0 radical (unpaired) electrons. The van der Waals surface area contributed by atoms with Gasteiger partial charge in [0.05, 0.1) is 6.10 Å². The summed E-state index contributed by atoms with van der Waals surface area (Å²) in [5.41, 5.74) is 2.60. The standard InChI is InChI=1S/C12H17BrO/c1-9-4-5-12(8-10(9)2)14-11(3)6-7-13/h4-5,8,11H,6-7H2,1-3H3.